The van der Waals surface area contributed by atoms with Crippen LogP contribution < -0.4 is 0 Å². The highest BCUT2D eigenvalue weighted by Crippen LogP contribution is 1.83. The van der Waals surface area contributed by atoms with Gasteiger partial charge in [-0.3, -0.25) is 0 Å². The Balaban J connectivity index is 2.73. The lowest BCUT2D eigenvalue weighted by Crippen LogP contribution is -1.59. The molecule has 0 saturated heterocycles. The van der Waals surface area contributed by atoms with E-state index in [0.29, 0.717) is 5.88 Å². The first-order chi connectivity index (χ1) is 2.91. The number of allylic oxidation sites excluding steroid dienone is 2. The maximum atomic E-state index is 5.29. The molecule has 0 saturated carbocycles. The van der Waals surface area contributed by atoms with Crippen molar-refractivity contribution < 1.29 is 0 Å². The zero-order valence-electron chi connectivity index (χ0n) is 3.32. The number of halogens is 2. The second-order valence-corrected chi connectivity index (χ2v) is 1.97. The van der Waals surface area contributed by atoms with Crippen LogP contribution in [0.4, 0.5) is 0 Å². The van der Waals surface area contributed by atoms with E-state index in [2.05, 4.69) is 22.6 Å². The second-order valence-electron chi connectivity index (χ2n) is 0.780. The van der Waals surface area contributed by atoms with Crippen molar-refractivity contribution in [1.29, 1.82) is 0 Å². The summed E-state index contributed by atoms with van der Waals surface area (Å²) in [5.74, 6) is 0.642. The highest BCUT2D eigenvalue weighted by Gasteiger charge is 1.62. The smallest absolute Gasteiger partial charge is 0.0404 e. The van der Waals surface area contributed by atoms with E-state index in [-0.39, 0.29) is 0 Å². The lowest BCUT2D eigenvalue weighted by atomic mass is 10.6. The van der Waals surface area contributed by atoms with Crippen molar-refractivity contribution in [2.75, 3.05) is 10.3 Å². The zero-order chi connectivity index (χ0) is 4.83. The molecule has 0 aliphatic carbocycles. The lowest BCUT2D eigenvalue weighted by molar-refractivity contribution is 1.69. The third-order valence-electron chi connectivity index (χ3n) is 0.345. The summed E-state index contributed by atoms with van der Waals surface area (Å²) >= 11 is 7.56. The summed E-state index contributed by atoms with van der Waals surface area (Å²) in [5, 5.41) is 0. The normalized spacial score (nSPS) is 10.3. The first kappa shape index (κ1) is 6.76. The molecule has 0 aliphatic heterocycles. The molecule has 0 nitrogen and oxygen atoms in total. The molecule has 0 aromatic heterocycles. The molecule has 0 bridgehead atoms. The third kappa shape index (κ3) is 4.76. The minimum atomic E-state index is 0.642. The Morgan fingerprint density at radius 1 is 1.50 bits per heavy atom. The average Bonchev–Trinajstić information content (AvgIpc) is 1.61. The van der Waals surface area contributed by atoms with Crippen LogP contribution in [0, 0.1) is 0 Å². The lowest BCUT2D eigenvalue weighted by Gasteiger charge is -1.69. The summed E-state index contributed by atoms with van der Waals surface area (Å²) in [6.07, 6.45) is 3.97. The third-order valence-corrected chi connectivity index (χ3v) is 1.03. The minimum absolute atomic E-state index is 0.642. The molecule has 0 unspecified atom stereocenters. The fourth-order valence-corrected chi connectivity index (χ4v) is 0.612. The first-order valence-electron chi connectivity index (χ1n) is 1.68. The summed E-state index contributed by atoms with van der Waals surface area (Å²) in [6, 6.07) is 0. The predicted molar refractivity (Wildman–Crippen MR) is 38.7 cm³/mol. The quantitative estimate of drug-likeness (QED) is 0.377. The molecular weight excluding hydrogens is 210 g/mol. The van der Waals surface area contributed by atoms with Gasteiger partial charge in [-0.1, -0.05) is 34.7 Å². The van der Waals surface area contributed by atoms with Gasteiger partial charge in [0.1, 0.15) is 0 Å². The van der Waals surface area contributed by atoms with Crippen LogP contribution in [0.5, 0.6) is 0 Å². The van der Waals surface area contributed by atoms with Gasteiger partial charge in [-0.05, 0) is 0 Å². The SMILES string of the molecule is ClC/C=C/CI. The number of hydrogen-bond acceptors (Lipinski definition) is 0. The maximum absolute atomic E-state index is 5.29. The molecule has 0 heterocycles. The van der Waals surface area contributed by atoms with E-state index < -0.39 is 0 Å². The van der Waals surface area contributed by atoms with Gasteiger partial charge in [0.15, 0.2) is 0 Å². The van der Waals surface area contributed by atoms with Gasteiger partial charge in [-0.25, -0.2) is 0 Å². The van der Waals surface area contributed by atoms with Crippen LogP contribution >= 0.6 is 34.2 Å². The average molecular weight is 216 g/mol. The Morgan fingerprint density at radius 3 is 2.33 bits per heavy atom. The minimum Gasteiger partial charge on any atom is -0.122 e. The Kier molecular flexibility index (Phi) is 6.49. The van der Waals surface area contributed by atoms with Crippen LogP contribution in [-0.4, -0.2) is 10.3 Å². The molecule has 0 atom stereocenters. The van der Waals surface area contributed by atoms with Crippen molar-refractivity contribution in [3.8, 4) is 0 Å². The Labute approximate surface area is 56.7 Å². The highest BCUT2D eigenvalue weighted by molar-refractivity contribution is 14.1. The van der Waals surface area contributed by atoms with Gasteiger partial charge in [-0.2, -0.15) is 0 Å². The molecule has 0 radical (unpaired) electrons. The Hall–Kier alpha value is 0.760. The standard InChI is InChI=1S/C4H6ClI/c5-3-1-2-4-6/h1-2H,3-4H2/b2-1+. The molecule has 0 fully saturated rings. The molecule has 6 heavy (non-hydrogen) atoms. The number of rotatable bonds is 2. The zero-order valence-corrected chi connectivity index (χ0v) is 6.24. The van der Waals surface area contributed by atoms with Crippen molar-refractivity contribution >= 4 is 34.2 Å². The van der Waals surface area contributed by atoms with E-state index in [9.17, 15) is 0 Å². The molecular formula is C4H6ClI. The number of hydrogen-bond donors (Lipinski definition) is 0. The topological polar surface area (TPSA) is 0 Å². The summed E-state index contributed by atoms with van der Waals surface area (Å²) in [7, 11) is 0. The van der Waals surface area contributed by atoms with Crippen molar-refractivity contribution in [3.05, 3.63) is 12.2 Å². The summed E-state index contributed by atoms with van der Waals surface area (Å²) in [4.78, 5) is 0. The van der Waals surface area contributed by atoms with Crippen molar-refractivity contribution in [3.63, 3.8) is 0 Å². The molecule has 0 aromatic carbocycles. The van der Waals surface area contributed by atoms with Gasteiger partial charge in [0.05, 0.1) is 0 Å². The van der Waals surface area contributed by atoms with Gasteiger partial charge in [0.2, 0.25) is 0 Å². The second kappa shape index (κ2) is 5.76. The maximum Gasteiger partial charge on any atom is 0.0404 e. The van der Waals surface area contributed by atoms with Crippen LogP contribution in [0.1, 0.15) is 0 Å². The van der Waals surface area contributed by atoms with Gasteiger partial charge < -0.3 is 0 Å². The molecule has 0 aromatic rings. The fraction of sp³-hybridized carbons (Fsp3) is 0.500. The molecule has 2 heteroatoms. The molecule has 0 aliphatic rings. The highest BCUT2D eigenvalue weighted by atomic mass is 127. The van der Waals surface area contributed by atoms with Gasteiger partial charge in [0, 0.05) is 10.3 Å². The van der Waals surface area contributed by atoms with E-state index in [0.717, 1.165) is 4.43 Å². The summed E-state index contributed by atoms with van der Waals surface area (Å²) in [5.41, 5.74) is 0. The van der Waals surface area contributed by atoms with Crippen molar-refractivity contribution in [2.24, 2.45) is 0 Å². The Bertz CT molecular complexity index is 36.8. The molecule has 36 valence electrons. The molecule has 0 amide bonds. The largest absolute Gasteiger partial charge is 0.122 e. The predicted octanol–water partition coefficient (Wildman–Crippen LogP) is 2.22. The molecule has 0 spiro atoms. The van der Waals surface area contributed by atoms with Gasteiger partial charge in [0.25, 0.3) is 0 Å². The summed E-state index contributed by atoms with van der Waals surface area (Å²) in [6.45, 7) is 0. The fourth-order valence-electron chi connectivity index (χ4n) is 0.126. The van der Waals surface area contributed by atoms with E-state index >= 15 is 0 Å². The van der Waals surface area contributed by atoms with Gasteiger partial charge in [-0.15, -0.1) is 11.6 Å². The Morgan fingerprint density at radius 2 is 2.17 bits per heavy atom. The van der Waals surface area contributed by atoms with Crippen LogP contribution in [0.25, 0.3) is 0 Å². The molecule has 0 rings (SSSR count). The number of alkyl halides is 2. The summed E-state index contributed by atoms with van der Waals surface area (Å²) < 4.78 is 1.06. The van der Waals surface area contributed by atoms with Crippen LogP contribution in [-0.2, 0) is 0 Å². The van der Waals surface area contributed by atoms with E-state index in [1.54, 1.807) is 0 Å². The monoisotopic (exact) mass is 216 g/mol. The molecule has 0 N–H and O–H groups in total. The van der Waals surface area contributed by atoms with Gasteiger partial charge >= 0.3 is 0 Å². The van der Waals surface area contributed by atoms with Crippen LogP contribution in [0.2, 0.25) is 0 Å². The van der Waals surface area contributed by atoms with Crippen molar-refractivity contribution in [2.45, 2.75) is 0 Å². The van der Waals surface area contributed by atoms with Crippen LogP contribution in [0.3, 0.4) is 0 Å². The van der Waals surface area contributed by atoms with Crippen LogP contribution in [0.15, 0.2) is 12.2 Å². The first-order valence-corrected chi connectivity index (χ1v) is 3.74. The van der Waals surface area contributed by atoms with E-state index in [4.69, 9.17) is 11.6 Å². The van der Waals surface area contributed by atoms with E-state index in [1.807, 2.05) is 12.2 Å². The van der Waals surface area contributed by atoms with Crippen molar-refractivity contribution in [1.82, 2.24) is 0 Å². The van der Waals surface area contributed by atoms with E-state index in [1.165, 1.54) is 0 Å².